The zero-order valence-corrected chi connectivity index (χ0v) is 17.0. The van der Waals surface area contributed by atoms with E-state index in [4.69, 9.17) is 0 Å². The van der Waals surface area contributed by atoms with Crippen LogP contribution in [0.5, 0.6) is 0 Å². The number of nitrogens with one attached hydrogen (secondary N) is 2. The van der Waals surface area contributed by atoms with Gasteiger partial charge in [-0.3, -0.25) is 14.5 Å². The van der Waals surface area contributed by atoms with Crippen molar-refractivity contribution in [3.05, 3.63) is 58.6 Å². The molecule has 0 bridgehead atoms. The Morgan fingerprint density at radius 3 is 2.70 bits per heavy atom. The number of nitrogens with zero attached hydrogens (tertiary/aromatic N) is 1. The van der Waals surface area contributed by atoms with Crippen molar-refractivity contribution in [3.8, 4) is 0 Å². The molecule has 6 nitrogen and oxygen atoms in total. The molecular weight excluding hydrogens is 430 g/mol. The number of anilines is 1. The first-order valence-corrected chi connectivity index (χ1v) is 10.9. The van der Waals surface area contributed by atoms with Crippen molar-refractivity contribution in [1.82, 2.24) is 4.72 Å². The third-order valence-electron chi connectivity index (χ3n) is 4.13. The lowest BCUT2D eigenvalue weighted by Gasteiger charge is -2.10. The summed E-state index contributed by atoms with van der Waals surface area (Å²) in [4.78, 5) is 16.5. The molecule has 0 fully saturated rings. The minimum Gasteiger partial charge on any atom is -0.326 e. The molecule has 142 valence electrons. The fourth-order valence-electron chi connectivity index (χ4n) is 2.75. The summed E-state index contributed by atoms with van der Waals surface area (Å²) in [5.74, 6) is 0.311. The number of amides is 1. The summed E-state index contributed by atoms with van der Waals surface area (Å²) in [7, 11) is -3.70. The van der Waals surface area contributed by atoms with Crippen molar-refractivity contribution in [1.29, 1.82) is 0 Å². The topological polar surface area (TPSA) is 87.6 Å². The highest BCUT2D eigenvalue weighted by molar-refractivity contribution is 9.10. The van der Waals surface area contributed by atoms with E-state index < -0.39 is 10.0 Å². The van der Waals surface area contributed by atoms with E-state index in [2.05, 4.69) is 31.0 Å². The predicted molar refractivity (Wildman–Crippen MR) is 109 cm³/mol. The monoisotopic (exact) mass is 449 g/mol. The Bertz CT molecular complexity index is 974. The lowest BCUT2D eigenvalue weighted by Crippen LogP contribution is -2.29. The molecule has 27 heavy (non-hydrogen) atoms. The van der Waals surface area contributed by atoms with Crippen LogP contribution in [0.3, 0.4) is 0 Å². The molecule has 0 aromatic heterocycles. The Morgan fingerprint density at radius 1 is 1.15 bits per heavy atom. The summed E-state index contributed by atoms with van der Waals surface area (Å²) in [6, 6.07) is 14.0. The molecular formula is C19H20BrN3O3S. The summed E-state index contributed by atoms with van der Waals surface area (Å²) in [5, 5.41) is 2.76. The zero-order valence-electron chi connectivity index (χ0n) is 14.6. The number of rotatable bonds is 6. The van der Waals surface area contributed by atoms with Gasteiger partial charge in [-0.1, -0.05) is 40.2 Å². The van der Waals surface area contributed by atoms with E-state index in [1.807, 2.05) is 24.3 Å². The van der Waals surface area contributed by atoms with Gasteiger partial charge in [0, 0.05) is 29.5 Å². The molecule has 0 saturated carbocycles. The molecule has 0 spiro atoms. The zero-order chi connectivity index (χ0) is 19.3. The molecule has 1 aliphatic heterocycles. The van der Waals surface area contributed by atoms with Gasteiger partial charge in [0.05, 0.1) is 4.90 Å². The lowest BCUT2D eigenvalue weighted by atomic mass is 10.1. The second-order valence-corrected chi connectivity index (χ2v) is 8.74. The molecule has 1 amide bonds. The van der Waals surface area contributed by atoms with Crippen molar-refractivity contribution in [2.45, 2.75) is 30.6 Å². The summed E-state index contributed by atoms with van der Waals surface area (Å²) >= 11 is 3.47. The first-order valence-electron chi connectivity index (χ1n) is 8.63. The van der Waals surface area contributed by atoms with Crippen LogP contribution in [0.15, 0.2) is 62.9 Å². The molecule has 0 radical (unpaired) electrons. The van der Waals surface area contributed by atoms with Crippen LogP contribution in [0.2, 0.25) is 0 Å². The van der Waals surface area contributed by atoms with E-state index in [-0.39, 0.29) is 10.8 Å². The molecule has 2 aromatic carbocycles. The third-order valence-corrected chi connectivity index (χ3v) is 6.29. The quantitative estimate of drug-likeness (QED) is 0.707. The van der Waals surface area contributed by atoms with Gasteiger partial charge in [-0.15, -0.1) is 0 Å². The van der Waals surface area contributed by atoms with Crippen molar-refractivity contribution in [3.63, 3.8) is 0 Å². The molecule has 1 aliphatic rings. The molecule has 0 unspecified atom stereocenters. The number of halogens is 1. The first kappa shape index (κ1) is 19.6. The lowest BCUT2D eigenvalue weighted by molar-refractivity contribution is -0.116. The van der Waals surface area contributed by atoms with Crippen LogP contribution in [0.25, 0.3) is 0 Å². The number of hydrogen-bond acceptors (Lipinski definition) is 4. The molecule has 2 aromatic rings. The summed E-state index contributed by atoms with van der Waals surface area (Å²) < 4.78 is 28.4. The molecule has 1 heterocycles. The van der Waals surface area contributed by atoms with Gasteiger partial charge < -0.3 is 5.32 Å². The highest BCUT2D eigenvalue weighted by Crippen LogP contribution is 2.19. The average molecular weight is 450 g/mol. The number of carbonyl (C=O) groups is 1. The number of benzene rings is 2. The van der Waals surface area contributed by atoms with Crippen LogP contribution in [-0.4, -0.2) is 26.7 Å². The second kappa shape index (κ2) is 8.67. The van der Waals surface area contributed by atoms with E-state index in [1.54, 1.807) is 12.1 Å². The Kier molecular flexibility index (Phi) is 6.28. The van der Waals surface area contributed by atoms with Crippen molar-refractivity contribution in [2.75, 3.05) is 11.9 Å². The number of carbonyl (C=O) groups excluding carboxylic acids is 1. The van der Waals surface area contributed by atoms with E-state index >= 15 is 0 Å². The Hall–Kier alpha value is -2.19. The second-order valence-electron chi connectivity index (χ2n) is 6.20. The fraction of sp³-hybridized carbons (Fsp3) is 0.263. The normalized spacial score (nSPS) is 13.9. The fourth-order valence-corrected chi connectivity index (χ4v) is 4.37. The van der Waals surface area contributed by atoms with Gasteiger partial charge >= 0.3 is 0 Å². The van der Waals surface area contributed by atoms with Gasteiger partial charge in [0.25, 0.3) is 10.0 Å². The van der Waals surface area contributed by atoms with Gasteiger partial charge in [-0.25, -0.2) is 8.42 Å². The number of sulfonamides is 1. The van der Waals surface area contributed by atoms with Gasteiger partial charge in [-0.2, -0.15) is 0 Å². The van der Waals surface area contributed by atoms with Crippen LogP contribution in [0.4, 0.5) is 5.69 Å². The summed E-state index contributed by atoms with van der Waals surface area (Å²) in [5.41, 5.74) is 1.49. The van der Waals surface area contributed by atoms with E-state index in [1.165, 1.54) is 12.1 Å². The molecule has 2 N–H and O–H groups in total. The highest BCUT2D eigenvalue weighted by atomic mass is 79.9. The van der Waals surface area contributed by atoms with Crippen LogP contribution in [-0.2, 0) is 21.2 Å². The highest BCUT2D eigenvalue weighted by Gasteiger charge is 2.18. The maximum Gasteiger partial charge on any atom is 0.262 e. The number of amidine groups is 1. The average Bonchev–Trinajstić information content (AvgIpc) is 3.13. The smallest absolute Gasteiger partial charge is 0.262 e. The minimum atomic E-state index is -3.70. The van der Waals surface area contributed by atoms with Crippen LogP contribution in [0, 0.1) is 0 Å². The third kappa shape index (κ3) is 5.40. The van der Waals surface area contributed by atoms with Crippen molar-refractivity contribution >= 4 is 43.4 Å². The Balaban J connectivity index is 1.63. The predicted octanol–water partition coefficient (Wildman–Crippen LogP) is 3.49. The molecule has 0 saturated heterocycles. The van der Waals surface area contributed by atoms with Crippen LogP contribution in [0.1, 0.15) is 24.8 Å². The van der Waals surface area contributed by atoms with Crippen LogP contribution >= 0.6 is 15.9 Å². The van der Waals surface area contributed by atoms with Gasteiger partial charge in [0.1, 0.15) is 5.84 Å². The van der Waals surface area contributed by atoms with Crippen LogP contribution < -0.4 is 10.0 Å². The van der Waals surface area contributed by atoms with Gasteiger partial charge in [-0.05, 0) is 42.7 Å². The number of aryl methyl sites for hydroxylation is 1. The number of hydrogen-bond donors (Lipinski definition) is 2. The van der Waals surface area contributed by atoms with E-state index in [9.17, 15) is 13.2 Å². The maximum atomic E-state index is 12.5. The SMILES string of the molecule is O=C(CCc1ccccc1Br)Nc1cccc(S(=O)(=O)NC2=NCCC2)c1. The Labute approximate surface area is 167 Å². The Morgan fingerprint density at radius 2 is 1.96 bits per heavy atom. The number of aliphatic imine (C=N–C) groups is 1. The van der Waals surface area contributed by atoms with Gasteiger partial charge in [0.2, 0.25) is 5.91 Å². The first-order chi connectivity index (χ1) is 12.9. The molecule has 0 aliphatic carbocycles. The molecule has 8 heteroatoms. The van der Waals surface area contributed by atoms with E-state index in [0.29, 0.717) is 37.3 Å². The van der Waals surface area contributed by atoms with Crippen molar-refractivity contribution in [2.24, 2.45) is 4.99 Å². The molecule has 3 rings (SSSR count). The summed E-state index contributed by atoms with van der Waals surface area (Å²) in [6.07, 6.45) is 2.37. The standard InChI is InChI=1S/C19H20BrN3O3S/c20-17-8-2-1-5-14(17)10-11-19(24)22-15-6-3-7-16(13-15)27(25,26)23-18-9-4-12-21-18/h1-3,5-8,13H,4,9-12H2,(H,21,23)(H,22,24). The van der Waals surface area contributed by atoms with E-state index in [0.717, 1.165) is 16.5 Å². The molecule has 0 atom stereocenters. The minimum absolute atomic E-state index is 0.0979. The van der Waals surface area contributed by atoms with Gasteiger partial charge in [0.15, 0.2) is 0 Å². The largest absolute Gasteiger partial charge is 0.326 e. The summed E-state index contributed by atoms with van der Waals surface area (Å²) in [6.45, 7) is 0.644. The maximum absolute atomic E-state index is 12.5. The van der Waals surface area contributed by atoms with Crippen molar-refractivity contribution < 1.29 is 13.2 Å².